The average molecular weight is 289 g/mol. The van der Waals surface area contributed by atoms with Gasteiger partial charge in [0.15, 0.2) is 0 Å². The number of halogens is 1. The van der Waals surface area contributed by atoms with Crippen LogP contribution in [0, 0.1) is 18.3 Å². The molecular formula is C14H9ClN2O3. The Hall–Kier alpha value is -2.58. The van der Waals surface area contributed by atoms with Crippen molar-refractivity contribution in [1.29, 1.82) is 5.26 Å². The number of pyridine rings is 1. The predicted molar refractivity (Wildman–Crippen MR) is 72.2 cm³/mol. The summed E-state index contributed by atoms with van der Waals surface area (Å²) in [4.78, 5) is 15.1. The molecule has 100 valence electrons. The molecule has 20 heavy (non-hydrogen) atoms. The van der Waals surface area contributed by atoms with Gasteiger partial charge >= 0.3 is 5.97 Å². The fourth-order valence-corrected chi connectivity index (χ4v) is 1.81. The normalized spacial score (nSPS) is 9.85. The summed E-state index contributed by atoms with van der Waals surface area (Å²) in [6.45, 7) is 1.73. The van der Waals surface area contributed by atoms with Crippen molar-refractivity contribution in [1.82, 2.24) is 4.98 Å². The van der Waals surface area contributed by atoms with Crippen molar-refractivity contribution in [2.24, 2.45) is 0 Å². The van der Waals surface area contributed by atoms with Gasteiger partial charge in [-0.15, -0.1) is 0 Å². The van der Waals surface area contributed by atoms with Crippen LogP contribution in [-0.4, -0.2) is 16.1 Å². The molecule has 1 heterocycles. The Bertz CT molecular complexity index is 723. The highest BCUT2D eigenvalue weighted by Crippen LogP contribution is 2.26. The van der Waals surface area contributed by atoms with Gasteiger partial charge in [-0.1, -0.05) is 11.6 Å². The number of aryl methyl sites for hydroxylation is 1. The van der Waals surface area contributed by atoms with Gasteiger partial charge in [-0.2, -0.15) is 5.26 Å². The standard InChI is InChI=1S/C14H9ClN2O3/c1-8-4-9(7-16)5-13(17-8)20-10-2-3-12(15)11(6-10)14(18)19/h2-6H,1H3,(H,18,19). The van der Waals surface area contributed by atoms with Crippen LogP contribution in [0.3, 0.4) is 0 Å². The Morgan fingerprint density at radius 3 is 2.80 bits per heavy atom. The van der Waals surface area contributed by atoms with E-state index in [0.717, 1.165) is 0 Å². The minimum absolute atomic E-state index is 0.0580. The fraction of sp³-hybridized carbons (Fsp3) is 0.0714. The second kappa shape index (κ2) is 5.59. The lowest BCUT2D eigenvalue weighted by Gasteiger charge is -2.07. The van der Waals surface area contributed by atoms with Gasteiger partial charge in [0.05, 0.1) is 22.2 Å². The van der Waals surface area contributed by atoms with E-state index in [0.29, 0.717) is 11.3 Å². The maximum Gasteiger partial charge on any atom is 0.337 e. The SMILES string of the molecule is Cc1cc(C#N)cc(Oc2ccc(Cl)c(C(=O)O)c2)n1. The summed E-state index contributed by atoms with van der Waals surface area (Å²) in [6, 6.07) is 9.36. The summed E-state index contributed by atoms with van der Waals surface area (Å²) in [5.74, 6) is -0.635. The summed E-state index contributed by atoms with van der Waals surface area (Å²) < 4.78 is 5.46. The highest BCUT2D eigenvalue weighted by Gasteiger charge is 2.11. The summed E-state index contributed by atoms with van der Waals surface area (Å²) in [7, 11) is 0. The summed E-state index contributed by atoms with van der Waals surface area (Å²) >= 11 is 5.77. The van der Waals surface area contributed by atoms with Crippen LogP contribution >= 0.6 is 11.6 Å². The van der Waals surface area contributed by atoms with Crippen LogP contribution in [0.2, 0.25) is 5.02 Å². The molecule has 0 spiro atoms. The van der Waals surface area contributed by atoms with E-state index >= 15 is 0 Å². The number of ether oxygens (including phenoxy) is 1. The molecule has 0 radical (unpaired) electrons. The zero-order valence-corrected chi connectivity index (χ0v) is 11.2. The second-order valence-corrected chi connectivity index (χ2v) is 4.40. The molecule has 0 aliphatic rings. The van der Waals surface area contributed by atoms with Crippen molar-refractivity contribution in [3.63, 3.8) is 0 Å². The number of aromatic nitrogens is 1. The van der Waals surface area contributed by atoms with Gasteiger partial charge < -0.3 is 9.84 Å². The molecule has 2 aromatic rings. The van der Waals surface area contributed by atoms with Crippen LogP contribution in [0.25, 0.3) is 0 Å². The van der Waals surface area contributed by atoms with Gasteiger partial charge in [0, 0.05) is 11.8 Å². The number of carboxylic acids is 1. The number of benzene rings is 1. The van der Waals surface area contributed by atoms with E-state index < -0.39 is 5.97 Å². The molecule has 1 aromatic carbocycles. The number of nitriles is 1. The molecule has 5 nitrogen and oxygen atoms in total. The van der Waals surface area contributed by atoms with E-state index in [2.05, 4.69) is 4.98 Å². The molecule has 0 saturated heterocycles. The predicted octanol–water partition coefficient (Wildman–Crippen LogP) is 3.41. The van der Waals surface area contributed by atoms with Gasteiger partial charge in [0.1, 0.15) is 5.75 Å². The lowest BCUT2D eigenvalue weighted by Crippen LogP contribution is -1.98. The van der Waals surface area contributed by atoms with E-state index in [1.165, 1.54) is 24.3 Å². The van der Waals surface area contributed by atoms with Crippen LogP contribution in [0.5, 0.6) is 11.6 Å². The van der Waals surface area contributed by atoms with E-state index in [-0.39, 0.29) is 22.2 Å². The third-order valence-electron chi connectivity index (χ3n) is 2.45. The third-order valence-corrected chi connectivity index (χ3v) is 2.78. The molecule has 1 N–H and O–H groups in total. The first-order valence-corrected chi connectivity index (χ1v) is 5.97. The maximum atomic E-state index is 11.0. The topological polar surface area (TPSA) is 83.2 Å². The lowest BCUT2D eigenvalue weighted by atomic mass is 10.2. The van der Waals surface area contributed by atoms with Crippen molar-refractivity contribution in [3.8, 4) is 17.7 Å². The molecule has 6 heteroatoms. The van der Waals surface area contributed by atoms with Gasteiger partial charge in [-0.25, -0.2) is 9.78 Å². The number of hydrogen-bond acceptors (Lipinski definition) is 4. The first-order valence-electron chi connectivity index (χ1n) is 5.59. The maximum absolute atomic E-state index is 11.0. The molecule has 0 saturated carbocycles. The number of carboxylic acid groups (broad SMARTS) is 1. The quantitative estimate of drug-likeness (QED) is 0.935. The number of rotatable bonds is 3. The van der Waals surface area contributed by atoms with Crippen LogP contribution in [0.15, 0.2) is 30.3 Å². The molecule has 0 unspecified atom stereocenters. The monoisotopic (exact) mass is 288 g/mol. The first-order chi connectivity index (χ1) is 9.49. The molecule has 0 bridgehead atoms. The Balaban J connectivity index is 2.35. The van der Waals surface area contributed by atoms with Crippen LogP contribution < -0.4 is 4.74 Å². The van der Waals surface area contributed by atoms with Gasteiger partial charge in [0.2, 0.25) is 5.88 Å². The number of hydrogen-bond donors (Lipinski definition) is 1. The Morgan fingerprint density at radius 2 is 2.15 bits per heavy atom. The summed E-state index contributed by atoms with van der Waals surface area (Å²) in [6.07, 6.45) is 0. The second-order valence-electron chi connectivity index (χ2n) is 4.00. The first kappa shape index (κ1) is 13.8. The Morgan fingerprint density at radius 1 is 1.40 bits per heavy atom. The van der Waals surface area contributed by atoms with Gasteiger partial charge in [0.25, 0.3) is 0 Å². The molecular weight excluding hydrogens is 280 g/mol. The summed E-state index contributed by atoms with van der Waals surface area (Å²) in [5, 5.41) is 18.0. The fourth-order valence-electron chi connectivity index (χ4n) is 1.61. The average Bonchev–Trinajstić information content (AvgIpc) is 2.40. The molecule has 1 aromatic heterocycles. The van der Waals surface area contributed by atoms with E-state index in [9.17, 15) is 4.79 Å². The zero-order chi connectivity index (χ0) is 14.7. The molecule has 0 amide bonds. The van der Waals surface area contributed by atoms with Crippen molar-refractivity contribution < 1.29 is 14.6 Å². The number of nitrogens with zero attached hydrogens (tertiary/aromatic N) is 2. The third kappa shape index (κ3) is 3.05. The lowest BCUT2D eigenvalue weighted by molar-refractivity contribution is 0.0696. The minimum Gasteiger partial charge on any atom is -0.478 e. The largest absolute Gasteiger partial charge is 0.478 e. The Kier molecular flexibility index (Phi) is 3.87. The molecule has 2 rings (SSSR count). The van der Waals surface area contributed by atoms with Gasteiger partial charge in [-0.3, -0.25) is 0 Å². The molecule has 0 atom stereocenters. The number of aromatic carboxylic acids is 1. The molecule has 0 fully saturated rings. The highest BCUT2D eigenvalue weighted by molar-refractivity contribution is 6.33. The van der Waals surface area contributed by atoms with E-state index in [1.807, 2.05) is 6.07 Å². The van der Waals surface area contributed by atoms with Crippen LogP contribution in [0.4, 0.5) is 0 Å². The van der Waals surface area contributed by atoms with E-state index in [4.69, 9.17) is 26.7 Å². The van der Waals surface area contributed by atoms with Gasteiger partial charge in [-0.05, 0) is 31.2 Å². The van der Waals surface area contributed by atoms with Crippen molar-refractivity contribution >= 4 is 17.6 Å². The van der Waals surface area contributed by atoms with Crippen molar-refractivity contribution in [2.75, 3.05) is 0 Å². The minimum atomic E-state index is -1.14. The van der Waals surface area contributed by atoms with Crippen molar-refractivity contribution in [2.45, 2.75) is 6.92 Å². The molecule has 0 aliphatic heterocycles. The number of carbonyl (C=O) groups is 1. The summed E-state index contributed by atoms with van der Waals surface area (Å²) in [5.41, 5.74) is 0.990. The smallest absolute Gasteiger partial charge is 0.337 e. The van der Waals surface area contributed by atoms with Crippen molar-refractivity contribution in [3.05, 3.63) is 52.2 Å². The Labute approximate surface area is 120 Å². The zero-order valence-electron chi connectivity index (χ0n) is 10.4. The highest BCUT2D eigenvalue weighted by atomic mass is 35.5. The van der Waals surface area contributed by atoms with Crippen LogP contribution in [-0.2, 0) is 0 Å². The molecule has 0 aliphatic carbocycles. The van der Waals surface area contributed by atoms with Crippen LogP contribution in [0.1, 0.15) is 21.6 Å². The van der Waals surface area contributed by atoms with E-state index in [1.54, 1.807) is 13.0 Å².